The van der Waals surface area contributed by atoms with Crippen molar-refractivity contribution in [1.29, 1.82) is 0 Å². The van der Waals surface area contributed by atoms with Crippen LogP contribution in [0.3, 0.4) is 0 Å². The molecule has 0 atom stereocenters. The van der Waals surface area contributed by atoms with Crippen molar-refractivity contribution in [2.24, 2.45) is 0 Å². The summed E-state index contributed by atoms with van der Waals surface area (Å²) in [5, 5.41) is 15.8. The Morgan fingerprint density at radius 1 is 1.23 bits per heavy atom. The highest BCUT2D eigenvalue weighted by Crippen LogP contribution is 2.34. The monoisotopic (exact) mass is 186 g/mol. The maximum Gasteiger partial charge on any atom is 0.0613 e. The van der Waals surface area contributed by atoms with Crippen LogP contribution in [0.4, 0.5) is 0 Å². The molecule has 0 unspecified atom stereocenters. The molecule has 1 aliphatic carbocycles. The van der Waals surface area contributed by atoms with E-state index >= 15 is 0 Å². The van der Waals surface area contributed by atoms with Crippen molar-refractivity contribution in [3.8, 4) is 0 Å². The van der Waals surface area contributed by atoms with E-state index in [4.69, 9.17) is 5.11 Å². The van der Waals surface area contributed by atoms with Gasteiger partial charge in [-0.05, 0) is 33.6 Å². The molecule has 0 amide bonds. The van der Waals surface area contributed by atoms with E-state index in [-0.39, 0.29) is 17.7 Å². The van der Waals surface area contributed by atoms with Crippen molar-refractivity contribution in [3.05, 3.63) is 0 Å². The lowest BCUT2D eigenvalue weighted by molar-refractivity contribution is 0.230. The second kappa shape index (κ2) is 3.95. The predicted octanol–water partition coefficient (Wildman–Crippen LogP) is 0.489. The van der Waals surface area contributed by atoms with Crippen molar-refractivity contribution in [2.75, 3.05) is 19.7 Å². The number of aliphatic hydroxyl groups excluding tert-OH is 1. The Morgan fingerprint density at radius 2 is 1.85 bits per heavy atom. The van der Waals surface area contributed by atoms with Gasteiger partial charge in [0.1, 0.15) is 0 Å². The Morgan fingerprint density at radius 3 is 2.23 bits per heavy atom. The third-order valence-electron chi connectivity index (χ3n) is 2.44. The lowest BCUT2D eigenvalue weighted by atomic mass is 10.1. The van der Waals surface area contributed by atoms with Crippen LogP contribution in [0.15, 0.2) is 0 Å². The molecule has 3 nitrogen and oxygen atoms in total. The van der Waals surface area contributed by atoms with Gasteiger partial charge in [0.25, 0.3) is 0 Å². The third kappa shape index (κ3) is 4.07. The summed E-state index contributed by atoms with van der Waals surface area (Å²) in [6.07, 6.45) is 2.25. The summed E-state index contributed by atoms with van der Waals surface area (Å²) in [4.78, 5) is 0. The minimum absolute atomic E-state index is 0.0829. The van der Waals surface area contributed by atoms with Crippen LogP contribution in [0.1, 0.15) is 33.6 Å². The first kappa shape index (κ1) is 11.0. The van der Waals surface area contributed by atoms with E-state index < -0.39 is 0 Å². The van der Waals surface area contributed by atoms with Crippen molar-refractivity contribution >= 4 is 0 Å². The van der Waals surface area contributed by atoms with Crippen LogP contribution in [0, 0.1) is 0 Å². The Hall–Kier alpha value is -0.120. The molecule has 0 aliphatic heterocycles. The van der Waals surface area contributed by atoms with Crippen molar-refractivity contribution < 1.29 is 5.11 Å². The maximum atomic E-state index is 9.03. The number of nitrogens with one attached hydrogen (secondary N) is 2. The molecule has 0 saturated heterocycles. The van der Waals surface area contributed by atoms with E-state index in [1.807, 2.05) is 0 Å². The van der Waals surface area contributed by atoms with E-state index in [0.717, 1.165) is 25.9 Å². The highest BCUT2D eigenvalue weighted by atomic mass is 16.3. The molecule has 3 heteroatoms. The fraction of sp³-hybridized carbons (Fsp3) is 1.00. The maximum absolute atomic E-state index is 9.03. The van der Waals surface area contributed by atoms with Gasteiger partial charge >= 0.3 is 0 Å². The standard InChI is InChI=1S/C10H22N2O/c1-9(2,3)11-6-7-12-10(8-13)4-5-10/h11-13H,4-8H2,1-3H3. The van der Waals surface area contributed by atoms with E-state index in [2.05, 4.69) is 31.4 Å². The zero-order chi connectivity index (χ0) is 9.95. The average Bonchev–Trinajstić information content (AvgIpc) is 2.78. The van der Waals surface area contributed by atoms with E-state index in [1.165, 1.54) is 0 Å². The molecule has 1 aliphatic rings. The summed E-state index contributed by atoms with van der Waals surface area (Å²) in [6.45, 7) is 8.66. The second-order valence-electron chi connectivity index (χ2n) is 5.04. The Kier molecular flexibility index (Phi) is 3.33. The SMILES string of the molecule is CC(C)(C)NCCNC1(CO)CC1. The van der Waals surface area contributed by atoms with Gasteiger partial charge in [-0.15, -0.1) is 0 Å². The fourth-order valence-electron chi connectivity index (χ4n) is 1.31. The average molecular weight is 186 g/mol. The molecule has 0 aromatic heterocycles. The Balaban J connectivity index is 2.02. The molecule has 0 bridgehead atoms. The van der Waals surface area contributed by atoms with Gasteiger partial charge in [0.05, 0.1) is 6.61 Å². The molecule has 13 heavy (non-hydrogen) atoms. The molecule has 3 N–H and O–H groups in total. The quantitative estimate of drug-likeness (QED) is 0.548. The molecule has 0 aromatic rings. The summed E-state index contributed by atoms with van der Waals surface area (Å²) >= 11 is 0. The third-order valence-corrected chi connectivity index (χ3v) is 2.44. The minimum atomic E-state index is 0.0829. The van der Waals surface area contributed by atoms with Crippen LogP contribution in [0.2, 0.25) is 0 Å². The van der Waals surface area contributed by atoms with E-state index in [0.29, 0.717) is 0 Å². The van der Waals surface area contributed by atoms with E-state index in [9.17, 15) is 0 Å². The van der Waals surface area contributed by atoms with Crippen LogP contribution in [-0.2, 0) is 0 Å². The number of hydrogen-bond acceptors (Lipinski definition) is 3. The van der Waals surface area contributed by atoms with Crippen molar-refractivity contribution in [1.82, 2.24) is 10.6 Å². The molecule has 0 radical (unpaired) electrons. The van der Waals surface area contributed by atoms with Crippen LogP contribution in [-0.4, -0.2) is 35.9 Å². The number of rotatable bonds is 5. The van der Waals surface area contributed by atoms with E-state index in [1.54, 1.807) is 0 Å². The lowest BCUT2D eigenvalue weighted by Gasteiger charge is -2.22. The summed E-state index contributed by atoms with van der Waals surface area (Å²) in [6, 6.07) is 0. The number of aliphatic hydroxyl groups is 1. The fourth-order valence-corrected chi connectivity index (χ4v) is 1.31. The molecule has 1 fully saturated rings. The van der Waals surface area contributed by atoms with Gasteiger partial charge in [0.2, 0.25) is 0 Å². The molecule has 0 heterocycles. The Bertz CT molecular complexity index is 159. The van der Waals surface area contributed by atoms with Crippen LogP contribution in [0.5, 0.6) is 0 Å². The first-order valence-electron chi connectivity index (χ1n) is 5.08. The smallest absolute Gasteiger partial charge is 0.0613 e. The van der Waals surface area contributed by atoms with Gasteiger partial charge in [0, 0.05) is 24.2 Å². The topological polar surface area (TPSA) is 44.3 Å². The summed E-state index contributed by atoms with van der Waals surface area (Å²) < 4.78 is 0. The molecule has 78 valence electrons. The molecule has 0 spiro atoms. The summed E-state index contributed by atoms with van der Waals surface area (Å²) in [5.74, 6) is 0. The largest absolute Gasteiger partial charge is 0.394 e. The Labute approximate surface area is 80.9 Å². The molecule has 0 aromatic carbocycles. The molecular weight excluding hydrogens is 164 g/mol. The lowest BCUT2D eigenvalue weighted by Crippen LogP contribution is -2.44. The highest BCUT2D eigenvalue weighted by Gasteiger charge is 2.41. The second-order valence-corrected chi connectivity index (χ2v) is 5.04. The molecule has 1 saturated carbocycles. The van der Waals surface area contributed by atoms with Crippen molar-refractivity contribution in [3.63, 3.8) is 0 Å². The van der Waals surface area contributed by atoms with Crippen LogP contribution in [0.25, 0.3) is 0 Å². The first-order chi connectivity index (χ1) is 5.97. The first-order valence-corrected chi connectivity index (χ1v) is 5.08. The van der Waals surface area contributed by atoms with Crippen LogP contribution >= 0.6 is 0 Å². The van der Waals surface area contributed by atoms with Gasteiger partial charge in [-0.25, -0.2) is 0 Å². The van der Waals surface area contributed by atoms with Gasteiger partial charge in [-0.1, -0.05) is 0 Å². The number of hydrogen-bond donors (Lipinski definition) is 3. The van der Waals surface area contributed by atoms with Crippen molar-refractivity contribution in [2.45, 2.75) is 44.7 Å². The van der Waals surface area contributed by atoms with Gasteiger partial charge in [-0.2, -0.15) is 0 Å². The zero-order valence-electron chi connectivity index (χ0n) is 8.98. The highest BCUT2D eigenvalue weighted by molar-refractivity contribution is 5.01. The summed E-state index contributed by atoms with van der Waals surface area (Å²) in [7, 11) is 0. The minimum Gasteiger partial charge on any atom is -0.394 e. The van der Waals surface area contributed by atoms with Gasteiger partial charge in [0.15, 0.2) is 0 Å². The zero-order valence-corrected chi connectivity index (χ0v) is 8.98. The molecular formula is C10H22N2O. The van der Waals surface area contributed by atoms with Gasteiger partial charge < -0.3 is 15.7 Å². The summed E-state index contributed by atoms with van der Waals surface area (Å²) in [5.41, 5.74) is 0.275. The normalized spacial score (nSPS) is 20.3. The predicted molar refractivity (Wildman–Crippen MR) is 54.8 cm³/mol. The van der Waals surface area contributed by atoms with Gasteiger partial charge in [-0.3, -0.25) is 0 Å². The van der Waals surface area contributed by atoms with Crippen LogP contribution < -0.4 is 10.6 Å². The molecule has 1 rings (SSSR count).